The van der Waals surface area contributed by atoms with Gasteiger partial charge in [0.2, 0.25) is 5.91 Å². The number of furan rings is 1. The number of carbonyl (C=O) groups is 2. The summed E-state index contributed by atoms with van der Waals surface area (Å²) in [5.41, 5.74) is 0. The molecule has 1 aromatic rings. The Bertz CT molecular complexity index is 610. The molecule has 0 saturated carbocycles. The highest BCUT2D eigenvalue weighted by atomic mass is 16.3. The van der Waals surface area contributed by atoms with Gasteiger partial charge in [-0.05, 0) is 57.1 Å². The molecule has 3 aliphatic rings. The highest BCUT2D eigenvalue weighted by Crippen LogP contribution is 2.34. The summed E-state index contributed by atoms with van der Waals surface area (Å²) in [7, 11) is 0. The maximum atomic E-state index is 12.7. The molecule has 0 aliphatic carbocycles. The molecule has 0 aromatic carbocycles. The van der Waals surface area contributed by atoms with Crippen LogP contribution in [0.15, 0.2) is 22.8 Å². The van der Waals surface area contributed by atoms with E-state index in [0.717, 1.165) is 51.6 Å². The number of piperidine rings is 3. The molecule has 4 heterocycles. The molecule has 3 fully saturated rings. The molecular weight excluding hydrogens is 330 g/mol. The van der Waals surface area contributed by atoms with Crippen LogP contribution in [0.5, 0.6) is 0 Å². The first kappa shape index (κ1) is 17.6. The minimum atomic E-state index is -0.129. The first-order valence-corrected chi connectivity index (χ1v) is 10.1. The standard InChI is InChI=1S/C20H29N3O3/c24-19(22-9-2-1-3-10-22)14-23-16-6-4-7-17(23)13-15(12-16)21-20(25)18-8-5-11-26-18/h5,8,11,15-17H,1-4,6-7,9-10,12-14H2,(H,21,25)/t16-,17-/m0/s1. The first-order chi connectivity index (χ1) is 12.7. The summed E-state index contributed by atoms with van der Waals surface area (Å²) in [6.45, 7) is 2.39. The van der Waals surface area contributed by atoms with Gasteiger partial charge in [0.05, 0.1) is 12.8 Å². The Hall–Kier alpha value is -1.82. The third-order valence-corrected chi connectivity index (χ3v) is 6.23. The summed E-state index contributed by atoms with van der Waals surface area (Å²) in [5.74, 6) is 0.536. The highest BCUT2D eigenvalue weighted by Gasteiger charge is 2.40. The van der Waals surface area contributed by atoms with Gasteiger partial charge >= 0.3 is 0 Å². The van der Waals surface area contributed by atoms with Crippen LogP contribution in [-0.4, -0.2) is 59.4 Å². The van der Waals surface area contributed by atoms with Crippen LogP contribution in [0, 0.1) is 0 Å². The van der Waals surface area contributed by atoms with Gasteiger partial charge in [-0.15, -0.1) is 0 Å². The summed E-state index contributed by atoms with van der Waals surface area (Å²) in [6.07, 6.45) is 10.4. The van der Waals surface area contributed by atoms with E-state index in [1.165, 1.54) is 19.1 Å². The Balaban J connectivity index is 1.35. The minimum Gasteiger partial charge on any atom is -0.459 e. The van der Waals surface area contributed by atoms with E-state index in [0.29, 0.717) is 30.3 Å². The first-order valence-electron chi connectivity index (χ1n) is 10.1. The molecule has 6 heteroatoms. The molecule has 6 nitrogen and oxygen atoms in total. The van der Waals surface area contributed by atoms with Crippen molar-refractivity contribution in [1.82, 2.24) is 15.1 Å². The molecule has 0 spiro atoms. The van der Waals surface area contributed by atoms with Gasteiger partial charge in [-0.1, -0.05) is 6.42 Å². The second-order valence-electron chi connectivity index (χ2n) is 7.97. The van der Waals surface area contributed by atoms with Gasteiger partial charge in [0.1, 0.15) is 0 Å². The average molecular weight is 359 g/mol. The smallest absolute Gasteiger partial charge is 0.287 e. The van der Waals surface area contributed by atoms with Crippen molar-refractivity contribution in [3.63, 3.8) is 0 Å². The maximum absolute atomic E-state index is 12.7. The van der Waals surface area contributed by atoms with Crippen molar-refractivity contribution in [3.8, 4) is 0 Å². The van der Waals surface area contributed by atoms with Crippen molar-refractivity contribution >= 4 is 11.8 Å². The van der Waals surface area contributed by atoms with E-state index in [4.69, 9.17) is 4.42 Å². The van der Waals surface area contributed by atoms with Crippen LogP contribution in [0.1, 0.15) is 61.9 Å². The lowest BCUT2D eigenvalue weighted by Crippen LogP contribution is -2.59. The van der Waals surface area contributed by atoms with Crippen molar-refractivity contribution in [1.29, 1.82) is 0 Å². The number of likely N-dealkylation sites (tertiary alicyclic amines) is 1. The summed E-state index contributed by atoms with van der Waals surface area (Å²) >= 11 is 0. The lowest BCUT2D eigenvalue weighted by Gasteiger charge is -2.49. The number of amides is 2. The Labute approximate surface area is 154 Å². The van der Waals surface area contributed by atoms with Crippen LogP contribution in [-0.2, 0) is 4.79 Å². The highest BCUT2D eigenvalue weighted by molar-refractivity contribution is 5.91. The van der Waals surface area contributed by atoms with Crippen molar-refractivity contribution in [2.45, 2.75) is 69.5 Å². The molecule has 26 heavy (non-hydrogen) atoms. The van der Waals surface area contributed by atoms with Crippen molar-refractivity contribution in [2.24, 2.45) is 0 Å². The third kappa shape index (κ3) is 3.80. The van der Waals surface area contributed by atoms with Gasteiger partial charge in [-0.3, -0.25) is 14.5 Å². The predicted octanol–water partition coefficient (Wildman–Crippen LogP) is 2.41. The number of hydrogen-bond donors (Lipinski definition) is 1. The number of carbonyl (C=O) groups excluding carboxylic acids is 2. The van der Waals surface area contributed by atoms with Gasteiger partial charge < -0.3 is 14.6 Å². The maximum Gasteiger partial charge on any atom is 0.287 e. The fourth-order valence-electron chi connectivity index (χ4n) is 4.92. The minimum absolute atomic E-state index is 0.129. The second-order valence-corrected chi connectivity index (χ2v) is 7.97. The lowest BCUT2D eigenvalue weighted by atomic mass is 9.81. The zero-order valence-corrected chi connectivity index (χ0v) is 15.4. The quantitative estimate of drug-likeness (QED) is 0.897. The summed E-state index contributed by atoms with van der Waals surface area (Å²) in [6, 6.07) is 4.40. The fourth-order valence-corrected chi connectivity index (χ4v) is 4.92. The van der Waals surface area contributed by atoms with E-state index in [2.05, 4.69) is 10.2 Å². The van der Waals surface area contributed by atoms with Crippen LogP contribution in [0.2, 0.25) is 0 Å². The van der Waals surface area contributed by atoms with Crippen LogP contribution in [0.3, 0.4) is 0 Å². The second kappa shape index (κ2) is 7.82. The van der Waals surface area contributed by atoms with E-state index in [1.54, 1.807) is 12.1 Å². The molecule has 1 aromatic heterocycles. The third-order valence-electron chi connectivity index (χ3n) is 6.23. The Morgan fingerprint density at radius 1 is 1.08 bits per heavy atom. The summed E-state index contributed by atoms with van der Waals surface area (Å²) in [5, 5.41) is 3.13. The molecule has 4 rings (SSSR count). The molecule has 0 radical (unpaired) electrons. The van der Waals surface area contributed by atoms with Gasteiger partial charge in [-0.2, -0.15) is 0 Å². The normalized spacial score (nSPS) is 29.4. The van der Waals surface area contributed by atoms with E-state index >= 15 is 0 Å². The number of nitrogens with one attached hydrogen (secondary N) is 1. The molecular formula is C20H29N3O3. The van der Waals surface area contributed by atoms with Crippen molar-refractivity contribution in [3.05, 3.63) is 24.2 Å². The molecule has 142 valence electrons. The molecule has 2 amide bonds. The SMILES string of the molecule is O=C(NC1C[C@@H]2CCC[C@@H](C1)N2CC(=O)N1CCCCC1)c1ccco1. The van der Waals surface area contributed by atoms with Crippen LogP contribution < -0.4 is 5.32 Å². The zero-order valence-electron chi connectivity index (χ0n) is 15.4. The van der Waals surface area contributed by atoms with Crippen LogP contribution in [0.4, 0.5) is 0 Å². The van der Waals surface area contributed by atoms with Crippen LogP contribution >= 0.6 is 0 Å². The zero-order chi connectivity index (χ0) is 17.9. The van der Waals surface area contributed by atoms with Gasteiger partial charge in [-0.25, -0.2) is 0 Å². The number of nitrogens with zero attached hydrogens (tertiary/aromatic N) is 2. The van der Waals surface area contributed by atoms with E-state index in [1.807, 2.05) is 4.90 Å². The summed E-state index contributed by atoms with van der Waals surface area (Å²) in [4.78, 5) is 29.5. The average Bonchev–Trinajstić information content (AvgIpc) is 3.18. The van der Waals surface area contributed by atoms with E-state index < -0.39 is 0 Å². The molecule has 1 N–H and O–H groups in total. The molecule has 2 atom stereocenters. The largest absolute Gasteiger partial charge is 0.459 e. The summed E-state index contributed by atoms with van der Waals surface area (Å²) < 4.78 is 5.20. The predicted molar refractivity (Wildman–Crippen MR) is 97.8 cm³/mol. The van der Waals surface area contributed by atoms with E-state index in [-0.39, 0.29) is 11.9 Å². The molecule has 3 saturated heterocycles. The Kier molecular flexibility index (Phi) is 5.29. The lowest BCUT2D eigenvalue weighted by molar-refractivity contribution is -0.136. The number of fused-ring (bicyclic) bond motifs is 2. The molecule has 2 bridgehead atoms. The van der Waals surface area contributed by atoms with Crippen molar-refractivity contribution < 1.29 is 14.0 Å². The Morgan fingerprint density at radius 3 is 2.46 bits per heavy atom. The molecule has 3 aliphatic heterocycles. The fraction of sp³-hybridized carbons (Fsp3) is 0.700. The number of rotatable bonds is 4. The Morgan fingerprint density at radius 2 is 1.81 bits per heavy atom. The molecule has 0 unspecified atom stereocenters. The van der Waals surface area contributed by atoms with Crippen molar-refractivity contribution in [2.75, 3.05) is 19.6 Å². The van der Waals surface area contributed by atoms with Gasteiger partial charge in [0, 0.05) is 31.2 Å². The van der Waals surface area contributed by atoms with Gasteiger partial charge in [0.25, 0.3) is 5.91 Å². The van der Waals surface area contributed by atoms with Gasteiger partial charge in [0.15, 0.2) is 5.76 Å². The topological polar surface area (TPSA) is 65.8 Å². The monoisotopic (exact) mass is 359 g/mol. The number of hydrogen-bond acceptors (Lipinski definition) is 4. The van der Waals surface area contributed by atoms with E-state index in [9.17, 15) is 9.59 Å². The van der Waals surface area contributed by atoms with Crippen LogP contribution in [0.25, 0.3) is 0 Å².